The molecule has 1 saturated heterocycles. The summed E-state index contributed by atoms with van der Waals surface area (Å²) in [5.41, 5.74) is 5.56. The molecule has 14 heavy (non-hydrogen) atoms. The van der Waals surface area contributed by atoms with Crippen LogP contribution in [-0.2, 0) is 14.3 Å². The van der Waals surface area contributed by atoms with Crippen molar-refractivity contribution in [1.29, 1.82) is 0 Å². The molecule has 1 unspecified atom stereocenters. The Morgan fingerprint density at radius 2 is 2.29 bits per heavy atom. The van der Waals surface area contributed by atoms with Crippen molar-refractivity contribution in [2.24, 2.45) is 5.73 Å². The molecule has 1 aliphatic rings. The summed E-state index contributed by atoms with van der Waals surface area (Å²) in [5, 5.41) is 0. The Balaban J connectivity index is 2.46. The lowest BCUT2D eigenvalue weighted by atomic mass is 10.1. The Bertz CT molecular complexity index is 230. The molecule has 1 aliphatic heterocycles. The molecule has 2 N–H and O–H groups in total. The van der Waals surface area contributed by atoms with Crippen LogP contribution in [0, 0.1) is 0 Å². The molecule has 0 spiro atoms. The number of likely N-dealkylation sites (tertiary alicyclic amines) is 1. The monoisotopic (exact) mass is 200 g/mol. The van der Waals surface area contributed by atoms with Gasteiger partial charge >= 0.3 is 0 Å². The van der Waals surface area contributed by atoms with Gasteiger partial charge in [-0.2, -0.15) is 0 Å². The van der Waals surface area contributed by atoms with Crippen molar-refractivity contribution in [2.75, 3.05) is 20.3 Å². The molecule has 0 aliphatic carbocycles. The number of carbonyl (C=O) groups is 2. The molecule has 1 fully saturated rings. The van der Waals surface area contributed by atoms with E-state index < -0.39 is 6.04 Å². The normalized spacial score (nSPS) is 23.0. The number of hydrogen-bond donors (Lipinski definition) is 1. The molecule has 2 amide bonds. The molecule has 5 nitrogen and oxygen atoms in total. The highest BCUT2D eigenvalue weighted by atomic mass is 16.5. The lowest BCUT2D eigenvalue weighted by Crippen LogP contribution is -2.51. The van der Waals surface area contributed by atoms with Crippen LogP contribution in [0.2, 0.25) is 0 Å². The van der Waals surface area contributed by atoms with E-state index in [1.807, 2.05) is 0 Å². The first-order valence-electron chi connectivity index (χ1n) is 4.75. The third kappa shape index (κ3) is 2.52. The van der Waals surface area contributed by atoms with E-state index >= 15 is 0 Å². The van der Waals surface area contributed by atoms with Crippen molar-refractivity contribution in [2.45, 2.75) is 25.3 Å². The van der Waals surface area contributed by atoms with Crippen LogP contribution in [0.4, 0.5) is 0 Å². The van der Waals surface area contributed by atoms with Crippen LogP contribution >= 0.6 is 0 Å². The van der Waals surface area contributed by atoms with E-state index in [9.17, 15) is 9.59 Å². The maximum atomic E-state index is 11.5. The highest BCUT2D eigenvalue weighted by Crippen LogP contribution is 2.11. The average Bonchev–Trinajstić information content (AvgIpc) is 2.18. The summed E-state index contributed by atoms with van der Waals surface area (Å²) in [7, 11) is 1.59. The third-order valence-corrected chi connectivity index (χ3v) is 2.28. The minimum Gasteiger partial charge on any atom is -0.385 e. The number of ether oxygens (including phenoxy) is 1. The first-order valence-corrected chi connectivity index (χ1v) is 4.75. The molecular weight excluding hydrogens is 184 g/mol. The van der Waals surface area contributed by atoms with Gasteiger partial charge in [-0.3, -0.25) is 14.5 Å². The van der Waals surface area contributed by atoms with E-state index in [-0.39, 0.29) is 11.8 Å². The first-order chi connectivity index (χ1) is 6.66. The molecule has 0 radical (unpaired) electrons. The highest BCUT2D eigenvalue weighted by molar-refractivity contribution is 6.00. The largest absolute Gasteiger partial charge is 0.385 e. The van der Waals surface area contributed by atoms with Crippen LogP contribution in [-0.4, -0.2) is 43.0 Å². The zero-order valence-corrected chi connectivity index (χ0v) is 8.36. The van der Waals surface area contributed by atoms with Gasteiger partial charge in [0.25, 0.3) is 0 Å². The van der Waals surface area contributed by atoms with Gasteiger partial charge in [0.15, 0.2) is 0 Å². The predicted octanol–water partition coefficient (Wildman–Crippen LogP) is -0.501. The van der Waals surface area contributed by atoms with Gasteiger partial charge in [0.05, 0.1) is 6.04 Å². The van der Waals surface area contributed by atoms with Crippen LogP contribution in [0.3, 0.4) is 0 Å². The number of imide groups is 1. The molecule has 0 saturated carbocycles. The fourth-order valence-corrected chi connectivity index (χ4v) is 1.46. The van der Waals surface area contributed by atoms with E-state index in [1.165, 1.54) is 4.90 Å². The zero-order valence-electron chi connectivity index (χ0n) is 8.36. The Hall–Kier alpha value is -0.940. The van der Waals surface area contributed by atoms with Gasteiger partial charge in [0, 0.05) is 26.7 Å². The van der Waals surface area contributed by atoms with E-state index in [1.54, 1.807) is 7.11 Å². The number of carbonyl (C=O) groups excluding carboxylic acids is 2. The lowest BCUT2D eigenvalue weighted by molar-refractivity contribution is -0.149. The molecule has 1 heterocycles. The number of nitrogens with two attached hydrogens (primary N) is 1. The van der Waals surface area contributed by atoms with Crippen LogP contribution in [0.5, 0.6) is 0 Å². The fourth-order valence-electron chi connectivity index (χ4n) is 1.46. The lowest BCUT2D eigenvalue weighted by Gasteiger charge is -2.28. The Kier molecular flexibility index (Phi) is 4.03. The molecule has 0 aromatic carbocycles. The van der Waals surface area contributed by atoms with Gasteiger partial charge in [0.2, 0.25) is 11.8 Å². The van der Waals surface area contributed by atoms with Crippen molar-refractivity contribution in [3.05, 3.63) is 0 Å². The van der Waals surface area contributed by atoms with Crippen LogP contribution in [0.25, 0.3) is 0 Å². The van der Waals surface area contributed by atoms with Gasteiger partial charge in [-0.05, 0) is 12.8 Å². The highest BCUT2D eigenvalue weighted by Gasteiger charge is 2.31. The fraction of sp³-hybridized carbons (Fsp3) is 0.778. The summed E-state index contributed by atoms with van der Waals surface area (Å²) in [6, 6.07) is -0.504. The first kappa shape index (κ1) is 11.1. The Morgan fingerprint density at radius 1 is 1.57 bits per heavy atom. The smallest absolute Gasteiger partial charge is 0.246 e. The van der Waals surface area contributed by atoms with E-state index in [4.69, 9.17) is 10.5 Å². The topological polar surface area (TPSA) is 72.6 Å². The molecule has 80 valence electrons. The second-order valence-corrected chi connectivity index (χ2v) is 3.38. The van der Waals surface area contributed by atoms with Crippen molar-refractivity contribution in [1.82, 2.24) is 4.90 Å². The number of piperidine rings is 1. The SMILES string of the molecule is COCCCN1C(=O)CCC(N)C1=O. The van der Waals surface area contributed by atoms with Crippen LogP contribution < -0.4 is 5.73 Å². The minimum atomic E-state index is -0.504. The summed E-state index contributed by atoms with van der Waals surface area (Å²) in [4.78, 5) is 24.1. The Labute approximate surface area is 83.2 Å². The van der Waals surface area contributed by atoms with E-state index in [0.717, 1.165) is 0 Å². The molecule has 0 bridgehead atoms. The van der Waals surface area contributed by atoms with Crippen molar-refractivity contribution >= 4 is 11.8 Å². The summed E-state index contributed by atoms with van der Waals surface area (Å²) in [6.07, 6.45) is 1.51. The second kappa shape index (κ2) is 5.07. The summed E-state index contributed by atoms with van der Waals surface area (Å²) >= 11 is 0. The van der Waals surface area contributed by atoms with Crippen LogP contribution in [0.1, 0.15) is 19.3 Å². The molecule has 0 aromatic rings. The predicted molar refractivity (Wildman–Crippen MR) is 50.4 cm³/mol. The third-order valence-electron chi connectivity index (χ3n) is 2.28. The van der Waals surface area contributed by atoms with Gasteiger partial charge in [-0.15, -0.1) is 0 Å². The number of amides is 2. The standard InChI is InChI=1S/C9H16N2O3/c1-14-6-2-5-11-8(12)4-3-7(10)9(11)13/h7H,2-6,10H2,1H3. The quantitative estimate of drug-likeness (QED) is 0.490. The molecule has 1 rings (SSSR count). The Morgan fingerprint density at radius 3 is 2.93 bits per heavy atom. The van der Waals surface area contributed by atoms with Gasteiger partial charge < -0.3 is 10.5 Å². The van der Waals surface area contributed by atoms with Crippen LogP contribution in [0.15, 0.2) is 0 Å². The summed E-state index contributed by atoms with van der Waals surface area (Å²) < 4.78 is 4.85. The van der Waals surface area contributed by atoms with Crippen molar-refractivity contribution in [3.63, 3.8) is 0 Å². The molecule has 1 atom stereocenters. The number of rotatable bonds is 4. The molecular formula is C9H16N2O3. The second-order valence-electron chi connectivity index (χ2n) is 3.38. The van der Waals surface area contributed by atoms with Gasteiger partial charge in [-0.1, -0.05) is 0 Å². The molecule has 0 aromatic heterocycles. The van der Waals surface area contributed by atoms with Gasteiger partial charge in [-0.25, -0.2) is 0 Å². The zero-order chi connectivity index (χ0) is 10.6. The maximum absolute atomic E-state index is 11.5. The maximum Gasteiger partial charge on any atom is 0.246 e. The van der Waals surface area contributed by atoms with Crippen molar-refractivity contribution < 1.29 is 14.3 Å². The van der Waals surface area contributed by atoms with Crippen molar-refractivity contribution in [3.8, 4) is 0 Å². The number of nitrogens with zero attached hydrogens (tertiary/aromatic N) is 1. The molecule has 5 heteroatoms. The van der Waals surface area contributed by atoms with E-state index in [2.05, 4.69) is 0 Å². The van der Waals surface area contributed by atoms with E-state index in [0.29, 0.717) is 32.4 Å². The summed E-state index contributed by atoms with van der Waals surface area (Å²) in [5.74, 6) is -0.370. The minimum absolute atomic E-state index is 0.118. The average molecular weight is 200 g/mol. The van der Waals surface area contributed by atoms with Gasteiger partial charge in [0.1, 0.15) is 0 Å². The number of hydrogen-bond acceptors (Lipinski definition) is 4. The summed E-state index contributed by atoms with van der Waals surface area (Å²) in [6.45, 7) is 0.964. The number of methoxy groups -OCH3 is 1.